The maximum absolute atomic E-state index is 12.5. The van der Waals surface area contributed by atoms with E-state index in [1.165, 1.54) is 5.56 Å². The quantitative estimate of drug-likeness (QED) is 0.471. The van der Waals surface area contributed by atoms with E-state index in [0.29, 0.717) is 6.42 Å². The van der Waals surface area contributed by atoms with Crippen LogP contribution in [0.4, 0.5) is 5.69 Å². The predicted molar refractivity (Wildman–Crippen MR) is 121 cm³/mol. The first-order valence-corrected chi connectivity index (χ1v) is 10.5. The first-order chi connectivity index (χ1) is 13.4. The molecule has 0 unspecified atom stereocenters. The first kappa shape index (κ1) is 20.4. The topological polar surface area (TPSA) is 41.1 Å². The highest BCUT2D eigenvalue weighted by Crippen LogP contribution is 2.31. The van der Waals surface area contributed by atoms with E-state index in [4.69, 9.17) is 0 Å². The molecule has 2 N–H and O–H groups in total. The SMILES string of the molecule is CC(C)(C)NSc1cccc2c(NC(=O)CCCc3ccccc3)cccc12. The molecule has 0 spiro atoms. The summed E-state index contributed by atoms with van der Waals surface area (Å²) in [5.41, 5.74) is 2.17. The number of aryl methyl sites for hydroxylation is 1. The molecule has 3 nitrogen and oxygen atoms in total. The third-order valence-electron chi connectivity index (χ3n) is 4.34. The maximum Gasteiger partial charge on any atom is 0.224 e. The molecule has 0 atom stereocenters. The lowest BCUT2D eigenvalue weighted by atomic mass is 10.1. The largest absolute Gasteiger partial charge is 0.326 e. The van der Waals surface area contributed by atoms with Crippen LogP contribution in [-0.2, 0) is 11.2 Å². The maximum atomic E-state index is 12.5. The van der Waals surface area contributed by atoms with Gasteiger partial charge in [-0.3, -0.25) is 9.52 Å². The van der Waals surface area contributed by atoms with Crippen LogP contribution in [0, 0.1) is 0 Å². The summed E-state index contributed by atoms with van der Waals surface area (Å²) in [5, 5.41) is 5.32. The summed E-state index contributed by atoms with van der Waals surface area (Å²) in [6.07, 6.45) is 2.28. The van der Waals surface area contributed by atoms with E-state index in [1.54, 1.807) is 11.9 Å². The lowest BCUT2D eigenvalue weighted by Gasteiger charge is -2.20. The Hall–Kier alpha value is -2.30. The van der Waals surface area contributed by atoms with Gasteiger partial charge in [0.25, 0.3) is 0 Å². The molecular weight excluding hydrogens is 364 g/mol. The standard InChI is InChI=1S/C24H28N2OS/c1-24(2,3)26-28-22-16-9-13-19-20(22)14-8-15-21(19)25-23(27)17-7-12-18-10-5-4-6-11-18/h4-6,8-11,13-16,26H,7,12,17H2,1-3H3,(H,25,27). The summed E-state index contributed by atoms with van der Waals surface area (Å²) in [6, 6.07) is 22.6. The van der Waals surface area contributed by atoms with E-state index in [0.717, 1.165) is 34.2 Å². The van der Waals surface area contributed by atoms with Crippen LogP contribution in [0.1, 0.15) is 39.2 Å². The van der Waals surface area contributed by atoms with Crippen molar-refractivity contribution in [2.75, 3.05) is 5.32 Å². The fourth-order valence-electron chi connectivity index (χ4n) is 3.00. The van der Waals surface area contributed by atoms with Gasteiger partial charge in [0.05, 0.1) is 0 Å². The van der Waals surface area contributed by atoms with Crippen molar-refractivity contribution in [1.82, 2.24) is 4.72 Å². The van der Waals surface area contributed by atoms with Crippen molar-refractivity contribution >= 4 is 34.3 Å². The Bertz CT molecular complexity index is 932. The molecule has 0 aliphatic carbocycles. The zero-order valence-corrected chi connectivity index (χ0v) is 17.6. The Labute approximate surface area is 172 Å². The molecule has 0 aliphatic rings. The second kappa shape index (κ2) is 9.26. The number of nitrogens with one attached hydrogen (secondary N) is 2. The van der Waals surface area contributed by atoms with Gasteiger partial charge >= 0.3 is 0 Å². The molecule has 0 fully saturated rings. The molecule has 0 saturated heterocycles. The number of benzene rings is 3. The number of rotatable bonds is 7. The number of amides is 1. The Kier molecular flexibility index (Phi) is 6.76. The molecule has 3 rings (SSSR count). The fourth-order valence-corrected chi connectivity index (χ4v) is 3.85. The van der Waals surface area contributed by atoms with Crippen LogP contribution in [0.25, 0.3) is 10.8 Å². The minimum absolute atomic E-state index is 0.0252. The fraction of sp³-hybridized carbons (Fsp3) is 0.292. The zero-order chi connectivity index (χ0) is 20.0. The van der Waals surface area contributed by atoms with Crippen LogP contribution in [0.2, 0.25) is 0 Å². The molecule has 0 aliphatic heterocycles. The summed E-state index contributed by atoms with van der Waals surface area (Å²) in [4.78, 5) is 13.6. The van der Waals surface area contributed by atoms with Gasteiger partial charge in [0.2, 0.25) is 5.91 Å². The second-order valence-corrected chi connectivity index (χ2v) is 8.85. The van der Waals surface area contributed by atoms with Crippen molar-refractivity contribution < 1.29 is 4.79 Å². The highest BCUT2D eigenvalue weighted by atomic mass is 32.2. The molecule has 28 heavy (non-hydrogen) atoms. The van der Waals surface area contributed by atoms with Crippen LogP contribution in [-0.4, -0.2) is 11.4 Å². The van der Waals surface area contributed by atoms with Crippen molar-refractivity contribution in [3.8, 4) is 0 Å². The third kappa shape index (κ3) is 5.85. The molecule has 0 radical (unpaired) electrons. The predicted octanol–water partition coefficient (Wildman–Crippen LogP) is 6.20. The lowest BCUT2D eigenvalue weighted by molar-refractivity contribution is -0.116. The van der Waals surface area contributed by atoms with Gasteiger partial charge in [-0.15, -0.1) is 0 Å². The van der Waals surface area contributed by atoms with Crippen LogP contribution in [0.15, 0.2) is 71.6 Å². The van der Waals surface area contributed by atoms with Gasteiger partial charge in [-0.1, -0.05) is 54.6 Å². The number of hydrogen-bond acceptors (Lipinski definition) is 3. The average Bonchev–Trinajstić information content (AvgIpc) is 2.67. The summed E-state index contributed by atoms with van der Waals surface area (Å²) < 4.78 is 3.46. The summed E-state index contributed by atoms with van der Waals surface area (Å²) in [6.45, 7) is 6.44. The van der Waals surface area contributed by atoms with Gasteiger partial charge in [-0.25, -0.2) is 0 Å². The lowest BCUT2D eigenvalue weighted by Crippen LogP contribution is -2.29. The number of anilines is 1. The summed E-state index contributed by atoms with van der Waals surface area (Å²) in [5.74, 6) is 0.0642. The summed E-state index contributed by atoms with van der Waals surface area (Å²) in [7, 11) is 0. The van der Waals surface area contributed by atoms with E-state index in [9.17, 15) is 4.79 Å². The van der Waals surface area contributed by atoms with Crippen LogP contribution < -0.4 is 10.0 Å². The smallest absolute Gasteiger partial charge is 0.224 e. The highest BCUT2D eigenvalue weighted by Gasteiger charge is 2.12. The van der Waals surface area contributed by atoms with Crippen molar-refractivity contribution in [3.63, 3.8) is 0 Å². The molecule has 0 aromatic heterocycles. The van der Waals surface area contributed by atoms with E-state index < -0.39 is 0 Å². The van der Waals surface area contributed by atoms with E-state index in [1.807, 2.05) is 36.4 Å². The van der Waals surface area contributed by atoms with Gasteiger partial charge < -0.3 is 5.32 Å². The molecule has 3 aromatic carbocycles. The van der Waals surface area contributed by atoms with Crippen molar-refractivity contribution in [2.45, 2.75) is 50.5 Å². The van der Waals surface area contributed by atoms with Crippen LogP contribution in [0.5, 0.6) is 0 Å². The Morgan fingerprint density at radius 1 is 0.893 bits per heavy atom. The molecule has 3 aromatic rings. The molecule has 4 heteroatoms. The van der Waals surface area contributed by atoms with Gasteiger partial charge in [0.15, 0.2) is 0 Å². The molecule has 0 heterocycles. The van der Waals surface area contributed by atoms with Crippen LogP contribution >= 0.6 is 11.9 Å². The normalized spacial score (nSPS) is 11.5. The second-order valence-electron chi connectivity index (χ2n) is 8.00. The zero-order valence-electron chi connectivity index (χ0n) is 16.8. The monoisotopic (exact) mass is 392 g/mol. The van der Waals surface area contributed by atoms with Crippen molar-refractivity contribution in [2.24, 2.45) is 0 Å². The molecular formula is C24H28N2OS. The van der Waals surface area contributed by atoms with E-state index >= 15 is 0 Å². The number of hydrogen-bond donors (Lipinski definition) is 2. The van der Waals surface area contributed by atoms with E-state index in [-0.39, 0.29) is 11.4 Å². The van der Waals surface area contributed by atoms with Crippen LogP contribution in [0.3, 0.4) is 0 Å². The summed E-state index contributed by atoms with van der Waals surface area (Å²) >= 11 is 1.63. The molecule has 1 amide bonds. The van der Waals surface area contributed by atoms with Crippen molar-refractivity contribution in [1.29, 1.82) is 0 Å². The Morgan fingerprint density at radius 2 is 1.61 bits per heavy atom. The minimum atomic E-state index is 0.0252. The molecule has 0 saturated carbocycles. The first-order valence-electron chi connectivity index (χ1n) is 9.72. The number of carbonyl (C=O) groups excluding carboxylic acids is 1. The van der Waals surface area contributed by atoms with Crippen molar-refractivity contribution in [3.05, 3.63) is 72.3 Å². The Balaban J connectivity index is 1.66. The number of carbonyl (C=O) groups is 1. The van der Waals surface area contributed by atoms with Gasteiger partial charge in [0, 0.05) is 27.9 Å². The van der Waals surface area contributed by atoms with Gasteiger partial charge in [0.1, 0.15) is 0 Å². The van der Waals surface area contributed by atoms with E-state index in [2.05, 4.69) is 61.1 Å². The average molecular weight is 393 g/mol. The molecule has 0 bridgehead atoms. The Morgan fingerprint density at radius 3 is 2.36 bits per heavy atom. The highest BCUT2D eigenvalue weighted by molar-refractivity contribution is 7.97. The van der Waals surface area contributed by atoms with Gasteiger partial charge in [-0.05, 0) is 68.6 Å². The minimum Gasteiger partial charge on any atom is -0.326 e. The third-order valence-corrected chi connectivity index (χ3v) is 5.63. The van der Waals surface area contributed by atoms with Gasteiger partial charge in [-0.2, -0.15) is 0 Å². The number of fused-ring (bicyclic) bond motifs is 1. The molecule has 146 valence electrons.